The van der Waals surface area contributed by atoms with E-state index in [9.17, 15) is 4.79 Å². The smallest absolute Gasteiger partial charge is 0.335 e. The third-order valence-corrected chi connectivity index (χ3v) is 7.15. The van der Waals surface area contributed by atoms with Crippen molar-refractivity contribution in [2.45, 2.75) is 90.4 Å². The minimum absolute atomic E-state index is 0.255. The molecular weight excluding hydrogens is 540 g/mol. The molecule has 0 aromatic heterocycles. The third kappa shape index (κ3) is 14.7. The molecule has 0 fully saturated rings. The lowest BCUT2D eigenvalue weighted by molar-refractivity contribution is 0.0697. The maximum atomic E-state index is 10.9. The van der Waals surface area contributed by atoms with E-state index in [1.807, 2.05) is 48.5 Å². The van der Waals surface area contributed by atoms with Crippen molar-refractivity contribution >= 4 is 17.3 Å². The molecule has 0 aliphatic heterocycles. The number of carboxylic acids is 1. The van der Waals surface area contributed by atoms with Crippen molar-refractivity contribution in [2.75, 3.05) is 19.8 Å². The van der Waals surface area contributed by atoms with Crippen LogP contribution in [0.4, 0.5) is 11.4 Å². The van der Waals surface area contributed by atoms with Crippen LogP contribution in [0.3, 0.4) is 0 Å². The van der Waals surface area contributed by atoms with E-state index >= 15 is 0 Å². The number of azo groups is 1. The fourth-order valence-electron chi connectivity index (χ4n) is 4.57. The Labute approximate surface area is 257 Å². The number of carboxylic acid groups (broad SMARTS) is 1. The molecule has 0 heterocycles. The van der Waals surface area contributed by atoms with Crippen LogP contribution in [0.15, 0.2) is 83.0 Å². The van der Waals surface area contributed by atoms with Crippen molar-refractivity contribution in [1.29, 1.82) is 0 Å². The lowest BCUT2D eigenvalue weighted by Gasteiger charge is -2.08. The second-order valence-corrected chi connectivity index (χ2v) is 10.8. The number of nitrogens with zero attached hydrogens (tertiary/aromatic N) is 2. The Balaban J connectivity index is 1.21. The Bertz CT molecular complexity index is 1180. The van der Waals surface area contributed by atoms with E-state index in [-0.39, 0.29) is 5.56 Å². The quantitative estimate of drug-likeness (QED) is 0.0879. The average Bonchev–Trinajstić information content (AvgIpc) is 3.03. The van der Waals surface area contributed by atoms with Crippen LogP contribution in [0.5, 0.6) is 17.2 Å². The molecule has 3 aromatic carbocycles. The Hall–Kier alpha value is -3.87. The van der Waals surface area contributed by atoms with Crippen LogP contribution in [0.25, 0.3) is 0 Å². The van der Waals surface area contributed by atoms with Crippen molar-refractivity contribution in [3.63, 3.8) is 0 Å². The van der Waals surface area contributed by atoms with Gasteiger partial charge in [0.15, 0.2) is 0 Å². The summed E-state index contributed by atoms with van der Waals surface area (Å²) < 4.78 is 17.4. The summed E-state index contributed by atoms with van der Waals surface area (Å²) in [5.41, 5.74) is 1.81. The van der Waals surface area contributed by atoms with Gasteiger partial charge in [-0.1, -0.05) is 64.7 Å². The van der Waals surface area contributed by atoms with E-state index in [0.29, 0.717) is 19.0 Å². The molecule has 3 rings (SSSR count). The first-order valence-corrected chi connectivity index (χ1v) is 16.0. The van der Waals surface area contributed by atoms with Gasteiger partial charge in [0.2, 0.25) is 0 Å². The number of rotatable bonds is 23. The van der Waals surface area contributed by atoms with Gasteiger partial charge in [0.25, 0.3) is 0 Å². The highest BCUT2D eigenvalue weighted by Crippen LogP contribution is 2.23. The fourth-order valence-corrected chi connectivity index (χ4v) is 4.57. The maximum Gasteiger partial charge on any atom is 0.335 e. The van der Waals surface area contributed by atoms with Crippen LogP contribution in [0.1, 0.15) is 101 Å². The molecule has 232 valence electrons. The summed E-state index contributed by atoms with van der Waals surface area (Å²) in [5.74, 6) is 1.42. The van der Waals surface area contributed by atoms with Gasteiger partial charge in [-0.05, 0) is 98.5 Å². The first-order chi connectivity index (χ1) is 21.1. The molecule has 0 unspecified atom stereocenters. The van der Waals surface area contributed by atoms with Crippen molar-refractivity contribution in [3.8, 4) is 17.2 Å². The third-order valence-electron chi connectivity index (χ3n) is 7.15. The number of carbonyl (C=O) groups is 1. The van der Waals surface area contributed by atoms with E-state index in [2.05, 4.69) is 17.2 Å². The van der Waals surface area contributed by atoms with E-state index in [0.717, 1.165) is 55.2 Å². The molecule has 0 radical (unpaired) electrons. The molecule has 7 nitrogen and oxygen atoms in total. The molecule has 0 saturated carbocycles. The van der Waals surface area contributed by atoms with E-state index in [4.69, 9.17) is 19.3 Å². The number of hydrogen-bond donors (Lipinski definition) is 1. The van der Waals surface area contributed by atoms with Crippen molar-refractivity contribution in [3.05, 3.63) is 78.4 Å². The molecule has 1 N–H and O–H groups in total. The number of hydrogen-bond acceptors (Lipinski definition) is 6. The van der Waals surface area contributed by atoms with Gasteiger partial charge >= 0.3 is 5.97 Å². The van der Waals surface area contributed by atoms with Crippen LogP contribution in [0, 0.1) is 0 Å². The van der Waals surface area contributed by atoms with Gasteiger partial charge in [-0.15, -0.1) is 0 Å². The zero-order valence-corrected chi connectivity index (χ0v) is 25.7. The highest BCUT2D eigenvalue weighted by atomic mass is 16.5. The molecule has 7 heteroatoms. The molecule has 0 aliphatic rings. The number of aromatic carboxylic acids is 1. The normalized spacial score (nSPS) is 11.1. The summed E-state index contributed by atoms with van der Waals surface area (Å²) in [7, 11) is 0. The van der Waals surface area contributed by atoms with Gasteiger partial charge in [-0.2, -0.15) is 10.2 Å². The number of unbranched alkanes of at least 4 members (excludes halogenated alkanes) is 11. The zero-order valence-electron chi connectivity index (χ0n) is 25.7. The van der Waals surface area contributed by atoms with Crippen molar-refractivity contribution in [1.82, 2.24) is 0 Å². The molecule has 0 aliphatic carbocycles. The Morgan fingerprint density at radius 2 is 0.837 bits per heavy atom. The van der Waals surface area contributed by atoms with Gasteiger partial charge in [-0.25, -0.2) is 4.79 Å². The molecule has 0 saturated heterocycles. The van der Waals surface area contributed by atoms with Crippen molar-refractivity contribution in [2.24, 2.45) is 10.2 Å². The SMILES string of the molecule is CCCCCCCCCCCCOc1ccc(N=Nc2ccc(OCCCCCOc3ccc(C(=O)O)cc3)cc2)cc1. The highest BCUT2D eigenvalue weighted by Gasteiger charge is 2.02. The Kier molecular flexibility index (Phi) is 16.4. The zero-order chi connectivity index (χ0) is 30.4. The standard InChI is InChI=1S/C36H48N2O5/c1-2-3-4-5-6-7-8-9-10-12-27-42-34-23-17-31(18-24-34)37-38-32-19-25-35(26-20-32)43-29-14-11-13-28-41-33-21-15-30(16-22-33)36(39)40/h15-26H,2-14,27-29H2,1H3,(H,39,40). The highest BCUT2D eigenvalue weighted by molar-refractivity contribution is 5.87. The van der Waals surface area contributed by atoms with Crippen LogP contribution < -0.4 is 14.2 Å². The lowest BCUT2D eigenvalue weighted by Crippen LogP contribution is -2.01. The first kappa shape index (κ1) is 33.6. The summed E-state index contributed by atoms with van der Waals surface area (Å²) in [6, 6.07) is 21.8. The summed E-state index contributed by atoms with van der Waals surface area (Å²) in [6.45, 7) is 4.23. The van der Waals surface area contributed by atoms with Gasteiger partial charge in [-0.3, -0.25) is 0 Å². The summed E-state index contributed by atoms with van der Waals surface area (Å²) in [6.07, 6.45) is 16.0. The van der Waals surface area contributed by atoms with E-state index in [1.54, 1.807) is 24.3 Å². The van der Waals surface area contributed by atoms with Gasteiger partial charge in [0.1, 0.15) is 17.2 Å². The minimum atomic E-state index is -0.938. The van der Waals surface area contributed by atoms with Crippen LogP contribution in [-0.2, 0) is 0 Å². The molecule has 0 bridgehead atoms. The Morgan fingerprint density at radius 3 is 1.21 bits per heavy atom. The summed E-state index contributed by atoms with van der Waals surface area (Å²) in [4.78, 5) is 10.9. The maximum absolute atomic E-state index is 10.9. The van der Waals surface area contributed by atoms with Gasteiger partial charge in [0, 0.05) is 0 Å². The number of benzene rings is 3. The average molecular weight is 589 g/mol. The fraction of sp³-hybridized carbons (Fsp3) is 0.472. The van der Waals surface area contributed by atoms with Crippen LogP contribution in [-0.4, -0.2) is 30.9 Å². The topological polar surface area (TPSA) is 89.7 Å². The largest absolute Gasteiger partial charge is 0.494 e. The molecule has 0 amide bonds. The predicted octanol–water partition coefficient (Wildman–Crippen LogP) is 10.7. The molecule has 3 aromatic rings. The second-order valence-electron chi connectivity index (χ2n) is 10.8. The molecule has 0 atom stereocenters. The van der Waals surface area contributed by atoms with Gasteiger partial charge in [0.05, 0.1) is 36.8 Å². The minimum Gasteiger partial charge on any atom is -0.494 e. The van der Waals surface area contributed by atoms with Gasteiger partial charge < -0.3 is 19.3 Å². The van der Waals surface area contributed by atoms with E-state index in [1.165, 1.54) is 57.8 Å². The predicted molar refractivity (Wildman–Crippen MR) is 173 cm³/mol. The number of ether oxygens (including phenoxy) is 3. The lowest BCUT2D eigenvalue weighted by atomic mass is 10.1. The summed E-state index contributed by atoms with van der Waals surface area (Å²) >= 11 is 0. The Morgan fingerprint density at radius 1 is 0.512 bits per heavy atom. The molecule has 43 heavy (non-hydrogen) atoms. The summed E-state index contributed by atoms with van der Waals surface area (Å²) in [5, 5.41) is 17.6. The second kappa shape index (κ2) is 20.9. The first-order valence-electron chi connectivity index (χ1n) is 16.0. The van der Waals surface area contributed by atoms with Crippen LogP contribution in [0.2, 0.25) is 0 Å². The molecular formula is C36H48N2O5. The van der Waals surface area contributed by atoms with Crippen molar-refractivity contribution < 1.29 is 24.1 Å². The van der Waals surface area contributed by atoms with E-state index < -0.39 is 5.97 Å². The monoisotopic (exact) mass is 588 g/mol. The van der Waals surface area contributed by atoms with Crippen LogP contribution >= 0.6 is 0 Å². The molecule has 0 spiro atoms.